The van der Waals surface area contributed by atoms with Gasteiger partial charge in [0.25, 0.3) is 0 Å². The van der Waals surface area contributed by atoms with Crippen molar-refractivity contribution in [3.8, 4) is 11.5 Å². The van der Waals surface area contributed by atoms with Crippen LogP contribution in [-0.2, 0) is 0 Å². The SMILES string of the molecule is COc1ccc(C2=C(O)[CH]CC(F)=C2)cc1OC. The van der Waals surface area contributed by atoms with Gasteiger partial charge < -0.3 is 14.6 Å². The molecular weight excluding hydrogens is 235 g/mol. The quantitative estimate of drug-likeness (QED) is 0.891. The number of aliphatic hydroxyl groups is 1. The Morgan fingerprint density at radius 3 is 2.56 bits per heavy atom. The number of aliphatic hydroxyl groups excluding tert-OH is 1. The normalized spacial score (nSPS) is 15.4. The van der Waals surface area contributed by atoms with E-state index in [9.17, 15) is 9.50 Å². The summed E-state index contributed by atoms with van der Waals surface area (Å²) in [6, 6.07) is 5.16. The Balaban J connectivity index is 2.46. The lowest BCUT2D eigenvalue weighted by atomic mass is 9.97. The minimum absolute atomic E-state index is 0.0728. The molecule has 1 radical (unpaired) electrons. The molecule has 0 bridgehead atoms. The van der Waals surface area contributed by atoms with Crippen LogP contribution in [0.3, 0.4) is 0 Å². The van der Waals surface area contributed by atoms with Crippen LogP contribution in [0.4, 0.5) is 4.39 Å². The fourth-order valence-electron chi connectivity index (χ4n) is 1.83. The van der Waals surface area contributed by atoms with Crippen molar-refractivity contribution in [2.45, 2.75) is 6.42 Å². The van der Waals surface area contributed by atoms with E-state index in [0.717, 1.165) is 0 Å². The third-order valence-corrected chi connectivity index (χ3v) is 2.76. The van der Waals surface area contributed by atoms with Gasteiger partial charge in [0.05, 0.1) is 14.2 Å². The third kappa shape index (κ3) is 2.32. The molecule has 0 saturated carbocycles. The van der Waals surface area contributed by atoms with Gasteiger partial charge in [-0.15, -0.1) is 0 Å². The van der Waals surface area contributed by atoms with E-state index >= 15 is 0 Å². The monoisotopic (exact) mass is 249 g/mol. The molecule has 0 aliphatic heterocycles. The van der Waals surface area contributed by atoms with Crippen LogP contribution in [0.5, 0.6) is 11.5 Å². The lowest BCUT2D eigenvalue weighted by Gasteiger charge is -2.14. The molecule has 18 heavy (non-hydrogen) atoms. The number of rotatable bonds is 3. The van der Waals surface area contributed by atoms with Crippen molar-refractivity contribution in [3.05, 3.63) is 47.8 Å². The summed E-state index contributed by atoms with van der Waals surface area (Å²) >= 11 is 0. The number of methoxy groups -OCH3 is 2. The Hall–Kier alpha value is -1.97. The van der Waals surface area contributed by atoms with Gasteiger partial charge in [0.15, 0.2) is 11.5 Å². The Morgan fingerprint density at radius 2 is 1.89 bits per heavy atom. The van der Waals surface area contributed by atoms with Crippen molar-refractivity contribution in [2.75, 3.05) is 14.2 Å². The zero-order valence-electron chi connectivity index (χ0n) is 10.2. The molecule has 3 nitrogen and oxygen atoms in total. The molecule has 0 unspecified atom stereocenters. The van der Waals surface area contributed by atoms with Gasteiger partial charge in [-0.3, -0.25) is 0 Å². The molecule has 1 aliphatic carbocycles. The maximum Gasteiger partial charge on any atom is 0.161 e. The first-order valence-corrected chi connectivity index (χ1v) is 5.50. The molecule has 0 heterocycles. The summed E-state index contributed by atoms with van der Waals surface area (Å²) < 4.78 is 23.6. The second-order valence-electron chi connectivity index (χ2n) is 3.87. The summed E-state index contributed by atoms with van der Waals surface area (Å²) in [5.74, 6) is 0.918. The van der Waals surface area contributed by atoms with Crippen molar-refractivity contribution < 1.29 is 19.0 Å². The first-order valence-electron chi connectivity index (χ1n) is 5.50. The second kappa shape index (κ2) is 5.12. The molecule has 4 heteroatoms. The molecule has 2 rings (SSSR count). The summed E-state index contributed by atoms with van der Waals surface area (Å²) in [4.78, 5) is 0. The van der Waals surface area contributed by atoms with E-state index < -0.39 is 0 Å². The molecule has 0 spiro atoms. The first-order chi connectivity index (χ1) is 8.65. The van der Waals surface area contributed by atoms with E-state index in [0.29, 0.717) is 22.6 Å². The molecule has 95 valence electrons. The van der Waals surface area contributed by atoms with Gasteiger partial charge in [-0.2, -0.15) is 0 Å². The minimum Gasteiger partial charge on any atom is -0.511 e. The number of hydrogen-bond acceptors (Lipinski definition) is 3. The Bertz CT molecular complexity index is 518. The molecule has 1 aliphatic rings. The largest absolute Gasteiger partial charge is 0.511 e. The van der Waals surface area contributed by atoms with Crippen LogP contribution >= 0.6 is 0 Å². The van der Waals surface area contributed by atoms with Crippen LogP contribution in [0.15, 0.2) is 35.9 Å². The van der Waals surface area contributed by atoms with Crippen molar-refractivity contribution in [2.24, 2.45) is 0 Å². The van der Waals surface area contributed by atoms with Crippen molar-refractivity contribution in [1.82, 2.24) is 0 Å². The molecule has 0 fully saturated rings. The van der Waals surface area contributed by atoms with Gasteiger partial charge in [0, 0.05) is 18.4 Å². The van der Waals surface area contributed by atoms with E-state index in [-0.39, 0.29) is 18.0 Å². The highest BCUT2D eigenvalue weighted by Crippen LogP contribution is 2.34. The van der Waals surface area contributed by atoms with Crippen molar-refractivity contribution >= 4 is 5.57 Å². The van der Waals surface area contributed by atoms with Crippen LogP contribution in [0.25, 0.3) is 5.57 Å². The number of hydrogen-bond donors (Lipinski definition) is 1. The van der Waals surface area contributed by atoms with E-state index in [2.05, 4.69) is 0 Å². The van der Waals surface area contributed by atoms with Crippen molar-refractivity contribution in [1.29, 1.82) is 0 Å². The fraction of sp³-hybridized carbons (Fsp3) is 0.214. The number of ether oxygens (including phenoxy) is 2. The maximum atomic E-state index is 13.2. The topological polar surface area (TPSA) is 38.7 Å². The molecule has 1 aromatic rings. The summed E-state index contributed by atoms with van der Waals surface area (Å²) in [5, 5.41) is 9.77. The fourth-order valence-corrected chi connectivity index (χ4v) is 1.83. The molecule has 0 amide bonds. The predicted octanol–water partition coefficient (Wildman–Crippen LogP) is 3.43. The molecular formula is C14H14FO3. The van der Waals surface area contributed by atoms with Gasteiger partial charge in [0.1, 0.15) is 11.6 Å². The molecule has 1 aromatic carbocycles. The Morgan fingerprint density at radius 1 is 1.17 bits per heavy atom. The highest BCUT2D eigenvalue weighted by molar-refractivity contribution is 5.79. The van der Waals surface area contributed by atoms with E-state index in [1.165, 1.54) is 19.6 Å². The Kier molecular flexibility index (Phi) is 3.55. The second-order valence-corrected chi connectivity index (χ2v) is 3.87. The number of halogens is 1. The van der Waals surface area contributed by atoms with Crippen molar-refractivity contribution in [3.63, 3.8) is 0 Å². The average molecular weight is 249 g/mol. The zero-order chi connectivity index (χ0) is 13.1. The molecule has 0 atom stereocenters. The lowest BCUT2D eigenvalue weighted by molar-refractivity contribution is 0.355. The summed E-state index contributed by atoms with van der Waals surface area (Å²) in [7, 11) is 3.07. The van der Waals surface area contributed by atoms with Gasteiger partial charge in [-0.1, -0.05) is 6.07 Å². The predicted molar refractivity (Wildman–Crippen MR) is 67.2 cm³/mol. The van der Waals surface area contributed by atoms with Crippen LogP contribution in [0.1, 0.15) is 12.0 Å². The highest BCUT2D eigenvalue weighted by Gasteiger charge is 2.16. The van der Waals surface area contributed by atoms with E-state index in [4.69, 9.17) is 9.47 Å². The van der Waals surface area contributed by atoms with Crippen LogP contribution in [-0.4, -0.2) is 19.3 Å². The van der Waals surface area contributed by atoms with E-state index in [1.54, 1.807) is 25.3 Å². The standard InChI is InChI=1S/C14H14FO3/c1-17-13-6-3-9(7-14(13)18-2)11-8-10(15)4-5-12(11)16/h3,5-8,16H,4H2,1-2H3. The van der Waals surface area contributed by atoms with Gasteiger partial charge in [-0.25, -0.2) is 4.39 Å². The highest BCUT2D eigenvalue weighted by atomic mass is 19.1. The van der Waals surface area contributed by atoms with Crippen LogP contribution in [0, 0.1) is 6.42 Å². The summed E-state index contributed by atoms with van der Waals surface area (Å²) in [6.07, 6.45) is 2.90. The summed E-state index contributed by atoms with van der Waals surface area (Å²) in [5.41, 5.74) is 1.12. The number of allylic oxidation sites excluding steroid dienone is 4. The maximum absolute atomic E-state index is 13.2. The van der Waals surface area contributed by atoms with Gasteiger partial charge in [0.2, 0.25) is 0 Å². The van der Waals surface area contributed by atoms with Crippen LogP contribution < -0.4 is 9.47 Å². The zero-order valence-corrected chi connectivity index (χ0v) is 10.2. The minimum atomic E-state index is -0.280. The third-order valence-electron chi connectivity index (χ3n) is 2.76. The van der Waals surface area contributed by atoms with E-state index in [1.807, 2.05) is 0 Å². The van der Waals surface area contributed by atoms with Gasteiger partial charge >= 0.3 is 0 Å². The summed E-state index contributed by atoms with van der Waals surface area (Å²) in [6.45, 7) is 0. The Labute approximate surface area is 105 Å². The number of benzene rings is 1. The molecule has 0 saturated heterocycles. The average Bonchev–Trinajstić information content (AvgIpc) is 2.40. The van der Waals surface area contributed by atoms with Gasteiger partial charge in [-0.05, 0) is 23.8 Å². The molecule has 1 N–H and O–H groups in total. The molecule has 0 aromatic heterocycles. The first kappa shape index (κ1) is 12.5. The smallest absolute Gasteiger partial charge is 0.161 e. The van der Waals surface area contributed by atoms with Crippen LogP contribution in [0.2, 0.25) is 0 Å². The lowest BCUT2D eigenvalue weighted by Crippen LogP contribution is -1.98.